The molecule has 0 aliphatic carbocycles. The number of rotatable bonds is 5. The number of hydrogen-bond donors (Lipinski definition) is 3. The number of carboxylic acids is 1. The number of carbonyl (C=O) groups is 1. The first kappa shape index (κ1) is 19.0. The van der Waals surface area contributed by atoms with Crippen molar-refractivity contribution in [2.24, 2.45) is 0 Å². The van der Waals surface area contributed by atoms with E-state index in [9.17, 15) is 9.90 Å². The monoisotopic (exact) mass is 328 g/mol. The molecule has 2 rings (SSSR count). The van der Waals surface area contributed by atoms with E-state index in [1.54, 1.807) is 12.1 Å². The van der Waals surface area contributed by atoms with Crippen molar-refractivity contribution in [2.75, 3.05) is 25.7 Å². The topological polar surface area (TPSA) is 134 Å². The van der Waals surface area contributed by atoms with Gasteiger partial charge in [0.25, 0.3) is 0 Å². The summed E-state index contributed by atoms with van der Waals surface area (Å²) in [6.45, 7) is 0. The van der Waals surface area contributed by atoms with Gasteiger partial charge in [0.1, 0.15) is 22.9 Å². The largest absolute Gasteiger partial charge is 1.00 e. The number of nitrogens with two attached hydrogens (primary N) is 2. The van der Waals surface area contributed by atoms with Gasteiger partial charge in [-0.25, -0.2) is 9.78 Å². The van der Waals surface area contributed by atoms with Crippen molar-refractivity contribution in [1.29, 1.82) is 0 Å². The Bertz CT molecular complexity index is 705. The van der Waals surface area contributed by atoms with E-state index >= 15 is 0 Å². The van der Waals surface area contributed by atoms with Crippen LogP contribution in [0.5, 0.6) is 11.5 Å². The van der Waals surface area contributed by atoms with Crippen LogP contribution in [0.1, 0.15) is 22.9 Å². The molecule has 2 aromatic rings. The molecule has 0 aliphatic rings. The second kappa shape index (κ2) is 8.00. The molecule has 5 N–H and O–H groups in total. The summed E-state index contributed by atoms with van der Waals surface area (Å²) in [5.41, 5.74) is 12.6. The minimum Gasteiger partial charge on any atom is -1.00 e. The molecular weight excluding hydrogens is 311 g/mol. The van der Waals surface area contributed by atoms with Crippen molar-refractivity contribution >= 4 is 17.7 Å². The summed E-state index contributed by atoms with van der Waals surface area (Å²) in [6.07, 6.45) is 1.92. The molecule has 8 nitrogen and oxygen atoms in total. The summed E-state index contributed by atoms with van der Waals surface area (Å²) in [6, 6.07) is 3.23. The Balaban J connectivity index is 0.00000264. The second-order valence-corrected chi connectivity index (χ2v) is 4.50. The molecule has 9 heteroatoms. The fourth-order valence-corrected chi connectivity index (χ4v) is 2.07. The van der Waals surface area contributed by atoms with Crippen molar-refractivity contribution in [3.63, 3.8) is 0 Å². The van der Waals surface area contributed by atoms with Crippen LogP contribution < -0.4 is 50.5 Å². The van der Waals surface area contributed by atoms with Gasteiger partial charge in [0.2, 0.25) is 5.95 Å². The second-order valence-electron chi connectivity index (χ2n) is 4.50. The van der Waals surface area contributed by atoms with E-state index < -0.39 is 5.97 Å². The van der Waals surface area contributed by atoms with Gasteiger partial charge in [-0.3, -0.25) is 0 Å². The molecule has 0 radical (unpaired) electrons. The number of anilines is 2. The molecule has 0 spiro atoms. The normalized spacial score (nSPS) is 9.83. The average molecular weight is 328 g/mol. The third-order valence-electron chi connectivity index (χ3n) is 3.09. The fourth-order valence-electron chi connectivity index (χ4n) is 2.07. The van der Waals surface area contributed by atoms with Crippen LogP contribution in [0.15, 0.2) is 18.3 Å². The number of ether oxygens (including phenoxy) is 2. The van der Waals surface area contributed by atoms with Crippen LogP contribution in [-0.2, 0) is 6.42 Å². The first-order chi connectivity index (χ1) is 10.5. The number of hydrogen-bond acceptors (Lipinski definition) is 7. The third-order valence-corrected chi connectivity index (χ3v) is 3.09. The summed E-state index contributed by atoms with van der Waals surface area (Å²) in [5.74, 6) is -0.352. The molecule has 1 heterocycles. The van der Waals surface area contributed by atoms with Crippen LogP contribution in [0.25, 0.3) is 0 Å². The molecular formula is C14H17N4NaO4. The number of nitrogen functional groups attached to an aromatic ring is 2. The Kier molecular flexibility index (Phi) is 6.62. The Hall–Kier alpha value is -2.03. The first-order valence-corrected chi connectivity index (χ1v) is 6.31. The van der Waals surface area contributed by atoms with Gasteiger partial charge in [-0.2, -0.15) is 4.98 Å². The zero-order chi connectivity index (χ0) is 16.3. The molecule has 1 aromatic carbocycles. The van der Waals surface area contributed by atoms with Crippen LogP contribution >= 0.6 is 0 Å². The molecule has 0 aliphatic heterocycles. The van der Waals surface area contributed by atoms with E-state index in [4.69, 9.17) is 20.9 Å². The molecule has 0 atom stereocenters. The van der Waals surface area contributed by atoms with Gasteiger partial charge >= 0.3 is 35.5 Å². The molecule has 0 unspecified atom stereocenters. The summed E-state index contributed by atoms with van der Waals surface area (Å²) >= 11 is 0. The van der Waals surface area contributed by atoms with Crippen molar-refractivity contribution in [2.45, 2.75) is 6.42 Å². The van der Waals surface area contributed by atoms with Gasteiger partial charge < -0.3 is 27.5 Å². The number of nitrogens with zero attached hydrogens (tertiary/aromatic N) is 2. The van der Waals surface area contributed by atoms with Crippen LogP contribution in [0.3, 0.4) is 0 Å². The Labute approximate surface area is 156 Å². The van der Waals surface area contributed by atoms with E-state index in [-0.39, 0.29) is 59.8 Å². The van der Waals surface area contributed by atoms with E-state index in [2.05, 4.69) is 9.97 Å². The number of aromatic nitrogens is 2. The standard InChI is InChI=1S/C14H16N4O4.Na.H/c1-21-9-4-7(5-10(22-2)11(9)13(19)20)3-8-6-17-14(16)18-12(8)15;;/h4-6H,3H2,1-2H3,(H,19,20)(H4,15,16,17,18);;/q;+1;-1. The summed E-state index contributed by atoms with van der Waals surface area (Å²) in [4.78, 5) is 19.1. The maximum atomic E-state index is 11.3. The van der Waals surface area contributed by atoms with Crippen LogP contribution in [0.4, 0.5) is 11.8 Å². The smallest absolute Gasteiger partial charge is 1.00 e. The van der Waals surface area contributed by atoms with Gasteiger partial charge in [-0.05, 0) is 17.7 Å². The summed E-state index contributed by atoms with van der Waals surface area (Å²) < 4.78 is 10.3. The SMILES string of the molecule is COc1cc(Cc2cnc(N)nc2N)cc(OC)c1C(=O)O.[H-].[Na+]. The maximum absolute atomic E-state index is 11.3. The Morgan fingerprint density at radius 1 is 1.26 bits per heavy atom. The predicted molar refractivity (Wildman–Crippen MR) is 81.3 cm³/mol. The van der Waals surface area contributed by atoms with Gasteiger partial charge in [-0.15, -0.1) is 0 Å². The zero-order valence-corrected chi connectivity index (χ0v) is 15.2. The molecule has 1 aromatic heterocycles. The molecule has 118 valence electrons. The Morgan fingerprint density at radius 2 is 1.83 bits per heavy atom. The number of methoxy groups -OCH3 is 2. The average Bonchev–Trinajstić information content (AvgIpc) is 2.48. The summed E-state index contributed by atoms with van der Waals surface area (Å²) in [5, 5.41) is 9.25. The quantitative estimate of drug-likeness (QED) is 0.540. The Morgan fingerprint density at radius 3 is 2.26 bits per heavy atom. The number of aromatic carboxylic acids is 1. The molecule has 0 saturated carbocycles. The number of benzene rings is 1. The predicted octanol–water partition coefficient (Wildman–Crippen LogP) is -1.94. The first-order valence-electron chi connectivity index (χ1n) is 6.31. The third kappa shape index (κ3) is 4.25. The van der Waals surface area contributed by atoms with Gasteiger partial charge in [0.05, 0.1) is 14.2 Å². The van der Waals surface area contributed by atoms with Crippen molar-refractivity contribution in [3.8, 4) is 11.5 Å². The van der Waals surface area contributed by atoms with Crippen molar-refractivity contribution in [3.05, 3.63) is 35.0 Å². The van der Waals surface area contributed by atoms with E-state index in [1.165, 1.54) is 20.4 Å². The molecule has 0 fully saturated rings. The van der Waals surface area contributed by atoms with Gasteiger partial charge in [0, 0.05) is 18.2 Å². The van der Waals surface area contributed by atoms with E-state index in [1.807, 2.05) is 0 Å². The van der Waals surface area contributed by atoms with E-state index in [0.717, 1.165) is 5.56 Å². The maximum Gasteiger partial charge on any atom is 1.00 e. The van der Waals surface area contributed by atoms with Crippen LogP contribution in [0.2, 0.25) is 0 Å². The van der Waals surface area contributed by atoms with E-state index in [0.29, 0.717) is 12.0 Å². The van der Waals surface area contributed by atoms with Gasteiger partial charge in [0.15, 0.2) is 0 Å². The van der Waals surface area contributed by atoms with Crippen LogP contribution in [-0.4, -0.2) is 35.3 Å². The number of carboxylic acid groups (broad SMARTS) is 1. The minimum atomic E-state index is -1.13. The minimum absolute atomic E-state index is 0. The molecule has 0 amide bonds. The zero-order valence-electron chi connectivity index (χ0n) is 14.2. The molecule has 23 heavy (non-hydrogen) atoms. The summed E-state index contributed by atoms with van der Waals surface area (Å²) in [7, 11) is 2.79. The van der Waals surface area contributed by atoms with Crippen molar-refractivity contribution < 1.29 is 50.4 Å². The van der Waals surface area contributed by atoms with Crippen LogP contribution in [0, 0.1) is 0 Å². The van der Waals surface area contributed by atoms with Gasteiger partial charge in [-0.1, -0.05) is 0 Å². The molecule has 0 bridgehead atoms. The van der Waals surface area contributed by atoms with Crippen molar-refractivity contribution in [1.82, 2.24) is 9.97 Å². The fraction of sp³-hybridized carbons (Fsp3) is 0.214. The molecule has 0 saturated heterocycles.